The molecule has 32 heavy (non-hydrogen) atoms. The molecule has 4 rings (SSSR count). The topological polar surface area (TPSA) is 72.2 Å². The first-order valence-corrected chi connectivity index (χ1v) is 10.1. The molecule has 164 valence electrons. The van der Waals surface area contributed by atoms with Crippen LogP contribution in [0.1, 0.15) is 23.4 Å². The highest BCUT2D eigenvalue weighted by molar-refractivity contribution is 6.30. The molecule has 4 aromatic rings. The Hall–Kier alpha value is -3.46. The number of hydrogen-bond donors (Lipinski definition) is 1. The van der Waals surface area contributed by atoms with E-state index < -0.39 is 17.6 Å². The minimum absolute atomic E-state index is 0.00977. The van der Waals surface area contributed by atoms with Crippen molar-refractivity contribution in [1.29, 1.82) is 0 Å². The Labute approximate surface area is 186 Å². The van der Waals surface area contributed by atoms with Gasteiger partial charge in [0.1, 0.15) is 0 Å². The van der Waals surface area contributed by atoms with E-state index in [2.05, 4.69) is 20.6 Å². The second-order valence-electron chi connectivity index (χ2n) is 7.04. The Morgan fingerprint density at radius 2 is 1.75 bits per heavy atom. The zero-order valence-corrected chi connectivity index (χ0v) is 17.4. The number of benzene rings is 2. The van der Waals surface area contributed by atoms with E-state index >= 15 is 0 Å². The van der Waals surface area contributed by atoms with E-state index in [0.29, 0.717) is 22.2 Å². The van der Waals surface area contributed by atoms with Crippen LogP contribution in [0.2, 0.25) is 5.02 Å². The van der Waals surface area contributed by atoms with Gasteiger partial charge in [-0.15, -0.1) is 10.2 Å². The lowest BCUT2D eigenvalue weighted by atomic mass is 10.1. The van der Waals surface area contributed by atoms with Crippen LogP contribution in [0.5, 0.6) is 0 Å². The molecule has 0 aliphatic carbocycles. The molecular weight excluding hydrogens is 443 g/mol. The number of alkyl halides is 3. The van der Waals surface area contributed by atoms with Gasteiger partial charge in [0.15, 0.2) is 11.5 Å². The van der Waals surface area contributed by atoms with Crippen LogP contribution in [0.15, 0.2) is 60.7 Å². The lowest BCUT2D eigenvalue weighted by Crippen LogP contribution is -2.25. The Bertz CT molecular complexity index is 1250. The second-order valence-corrected chi connectivity index (χ2v) is 7.48. The zero-order valence-electron chi connectivity index (χ0n) is 16.6. The predicted molar refractivity (Wildman–Crippen MR) is 113 cm³/mol. The van der Waals surface area contributed by atoms with Gasteiger partial charge in [0, 0.05) is 30.0 Å². The number of carbonyl (C=O) groups excluding carboxylic acids is 1. The summed E-state index contributed by atoms with van der Waals surface area (Å²) in [7, 11) is 0. The number of amides is 1. The summed E-state index contributed by atoms with van der Waals surface area (Å²) in [6.45, 7) is -0.214. The van der Waals surface area contributed by atoms with Crippen molar-refractivity contribution in [3.05, 3.63) is 82.6 Å². The van der Waals surface area contributed by atoms with Crippen molar-refractivity contribution in [2.24, 2.45) is 0 Å². The van der Waals surface area contributed by atoms with E-state index in [4.69, 9.17) is 11.6 Å². The highest BCUT2D eigenvalue weighted by Gasteiger charge is 2.32. The van der Waals surface area contributed by atoms with Crippen molar-refractivity contribution in [3.8, 4) is 11.3 Å². The fraction of sp³-hybridized carbons (Fsp3) is 0.182. The van der Waals surface area contributed by atoms with E-state index in [-0.39, 0.29) is 24.9 Å². The molecule has 0 spiro atoms. The molecule has 0 atom stereocenters. The Morgan fingerprint density at radius 1 is 1.00 bits per heavy atom. The molecule has 0 bridgehead atoms. The fourth-order valence-corrected chi connectivity index (χ4v) is 3.35. The van der Waals surface area contributed by atoms with Crippen LogP contribution in [0.3, 0.4) is 0 Å². The molecule has 0 radical (unpaired) electrons. The van der Waals surface area contributed by atoms with Crippen LogP contribution in [0.25, 0.3) is 16.9 Å². The third-order valence-electron chi connectivity index (χ3n) is 4.84. The standard InChI is InChI=1S/C22H17ClF3N5O/c23-16-7-5-14(6-8-16)18-9-10-19-28-29-20(31(19)30-18)11-12-21(32)27-13-15-3-1-2-4-17(15)22(24,25)26/h1-10H,11-13H2,(H,27,32). The summed E-state index contributed by atoms with van der Waals surface area (Å²) in [6.07, 6.45) is -4.22. The highest BCUT2D eigenvalue weighted by atomic mass is 35.5. The van der Waals surface area contributed by atoms with Crippen molar-refractivity contribution < 1.29 is 18.0 Å². The van der Waals surface area contributed by atoms with Gasteiger partial charge in [0.05, 0.1) is 11.3 Å². The summed E-state index contributed by atoms with van der Waals surface area (Å²) in [5, 5.41) is 15.8. The van der Waals surface area contributed by atoms with E-state index in [1.807, 2.05) is 18.2 Å². The van der Waals surface area contributed by atoms with Crippen molar-refractivity contribution in [2.75, 3.05) is 0 Å². The predicted octanol–water partition coefficient (Wildman–Crippen LogP) is 4.71. The highest BCUT2D eigenvalue weighted by Crippen LogP contribution is 2.31. The monoisotopic (exact) mass is 459 g/mol. The summed E-state index contributed by atoms with van der Waals surface area (Å²) < 4.78 is 40.8. The number of aromatic nitrogens is 4. The molecule has 1 amide bonds. The van der Waals surface area contributed by atoms with E-state index in [1.165, 1.54) is 18.2 Å². The van der Waals surface area contributed by atoms with Gasteiger partial charge >= 0.3 is 6.18 Å². The largest absolute Gasteiger partial charge is 0.416 e. The first kappa shape index (κ1) is 21.8. The van der Waals surface area contributed by atoms with Gasteiger partial charge in [-0.3, -0.25) is 4.79 Å². The van der Waals surface area contributed by atoms with Crippen LogP contribution < -0.4 is 5.32 Å². The average molecular weight is 460 g/mol. The Balaban J connectivity index is 1.43. The quantitative estimate of drug-likeness (QED) is 0.453. The molecular formula is C22H17ClF3N5O. The summed E-state index contributed by atoms with van der Waals surface area (Å²) in [4.78, 5) is 12.2. The number of nitrogens with zero attached hydrogens (tertiary/aromatic N) is 4. The Kier molecular flexibility index (Phi) is 6.09. The molecule has 0 saturated heterocycles. The van der Waals surface area contributed by atoms with Gasteiger partial charge in [0.25, 0.3) is 0 Å². The number of halogens is 4. The number of nitrogens with one attached hydrogen (secondary N) is 1. The summed E-state index contributed by atoms with van der Waals surface area (Å²) >= 11 is 5.93. The van der Waals surface area contributed by atoms with Gasteiger partial charge < -0.3 is 5.32 Å². The first-order chi connectivity index (χ1) is 15.3. The van der Waals surface area contributed by atoms with Gasteiger partial charge in [-0.2, -0.15) is 22.8 Å². The van der Waals surface area contributed by atoms with E-state index in [9.17, 15) is 18.0 Å². The van der Waals surface area contributed by atoms with Crippen LogP contribution in [0.4, 0.5) is 13.2 Å². The smallest absolute Gasteiger partial charge is 0.352 e. The maximum atomic E-state index is 13.1. The normalized spacial score (nSPS) is 11.6. The van der Waals surface area contributed by atoms with Gasteiger partial charge in [0.2, 0.25) is 5.91 Å². The maximum Gasteiger partial charge on any atom is 0.416 e. The fourth-order valence-electron chi connectivity index (χ4n) is 3.22. The van der Waals surface area contributed by atoms with E-state index in [0.717, 1.165) is 11.6 Å². The maximum absolute atomic E-state index is 13.1. The van der Waals surface area contributed by atoms with Gasteiger partial charge in [-0.05, 0) is 35.9 Å². The molecule has 0 saturated carbocycles. The first-order valence-electron chi connectivity index (χ1n) is 9.70. The molecule has 2 aromatic carbocycles. The molecule has 0 aliphatic rings. The minimum atomic E-state index is -4.48. The minimum Gasteiger partial charge on any atom is -0.352 e. The second kappa shape index (κ2) is 8.96. The Morgan fingerprint density at radius 3 is 2.50 bits per heavy atom. The molecule has 0 aliphatic heterocycles. The molecule has 0 fully saturated rings. The summed E-state index contributed by atoms with van der Waals surface area (Å²) in [5.74, 6) is 0.0780. The van der Waals surface area contributed by atoms with Gasteiger partial charge in [-0.1, -0.05) is 41.9 Å². The third-order valence-corrected chi connectivity index (χ3v) is 5.09. The third kappa shape index (κ3) is 4.88. The van der Waals surface area contributed by atoms with Crippen molar-refractivity contribution >= 4 is 23.2 Å². The van der Waals surface area contributed by atoms with Gasteiger partial charge in [-0.25, -0.2) is 0 Å². The van der Waals surface area contributed by atoms with Crippen molar-refractivity contribution in [3.63, 3.8) is 0 Å². The van der Waals surface area contributed by atoms with E-state index in [1.54, 1.807) is 22.7 Å². The summed E-state index contributed by atoms with van der Waals surface area (Å²) in [6, 6.07) is 15.9. The number of aryl methyl sites for hydroxylation is 1. The summed E-state index contributed by atoms with van der Waals surface area (Å²) in [5.41, 5.74) is 1.32. The van der Waals surface area contributed by atoms with Crippen LogP contribution >= 0.6 is 11.6 Å². The van der Waals surface area contributed by atoms with Crippen molar-refractivity contribution in [2.45, 2.75) is 25.6 Å². The molecule has 0 unspecified atom stereocenters. The zero-order chi connectivity index (χ0) is 22.7. The average Bonchev–Trinajstić information content (AvgIpc) is 3.18. The lowest BCUT2D eigenvalue weighted by Gasteiger charge is -2.13. The molecule has 2 heterocycles. The van der Waals surface area contributed by atoms with Crippen LogP contribution in [-0.2, 0) is 23.9 Å². The number of hydrogen-bond acceptors (Lipinski definition) is 4. The van der Waals surface area contributed by atoms with Crippen molar-refractivity contribution in [1.82, 2.24) is 25.1 Å². The van der Waals surface area contributed by atoms with Crippen LogP contribution in [-0.4, -0.2) is 25.7 Å². The lowest BCUT2D eigenvalue weighted by molar-refractivity contribution is -0.138. The molecule has 10 heteroatoms. The number of carbonyl (C=O) groups is 1. The molecule has 1 N–H and O–H groups in total. The van der Waals surface area contributed by atoms with Crippen LogP contribution in [0, 0.1) is 0 Å². The number of rotatable bonds is 6. The number of fused-ring (bicyclic) bond motifs is 1. The molecule has 2 aromatic heterocycles. The SMILES string of the molecule is O=C(CCc1nnc2ccc(-c3ccc(Cl)cc3)nn12)NCc1ccccc1C(F)(F)F. The molecule has 6 nitrogen and oxygen atoms in total.